The van der Waals surface area contributed by atoms with Gasteiger partial charge >= 0.3 is 0 Å². The molecule has 154 valence electrons. The van der Waals surface area contributed by atoms with Crippen LogP contribution in [0.2, 0.25) is 0 Å². The highest BCUT2D eigenvalue weighted by Gasteiger charge is 2.11. The predicted molar refractivity (Wildman–Crippen MR) is 120 cm³/mol. The maximum absolute atomic E-state index is 12.5. The van der Waals surface area contributed by atoms with E-state index in [2.05, 4.69) is 44.3 Å². The molecular formula is C24H26N4O2. The van der Waals surface area contributed by atoms with Crippen molar-refractivity contribution in [3.8, 4) is 5.69 Å². The minimum absolute atomic E-state index is 0.236. The number of hydrogen-bond acceptors (Lipinski definition) is 4. The number of hydrazone groups is 1. The fourth-order valence-corrected chi connectivity index (χ4v) is 3.68. The average Bonchev–Trinajstić information content (AvgIpc) is 3.13. The lowest BCUT2D eigenvalue weighted by Gasteiger charge is -2.28. The van der Waals surface area contributed by atoms with Crippen LogP contribution in [0.25, 0.3) is 5.69 Å². The zero-order chi connectivity index (χ0) is 20.9. The molecule has 1 aromatic heterocycles. The number of aromatic nitrogens is 1. The first-order valence-electron chi connectivity index (χ1n) is 10.1. The normalized spacial score (nSPS) is 14.3. The lowest BCUT2D eigenvalue weighted by atomic mass is 10.2. The summed E-state index contributed by atoms with van der Waals surface area (Å²) in [5.41, 5.74) is 8.51. The van der Waals surface area contributed by atoms with Crippen LogP contribution in [0.1, 0.15) is 27.3 Å². The molecule has 1 N–H and O–H groups in total. The van der Waals surface area contributed by atoms with Gasteiger partial charge in [-0.25, -0.2) is 5.43 Å². The third kappa shape index (κ3) is 4.44. The third-order valence-electron chi connectivity index (χ3n) is 5.29. The topological polar surface area (TPSA) is 58.9 Å². The summed E-state index contributed by atoms with van der Waals surface area (Å²) in [5, 5.41) is 4.12. The number of hydrogen-bond donors (Lipinski definition) is 1. The number of benzene rings is 2. The van der Waals surface area contributed by atoms with Crippen molar-refractivity contribution >= 4 is 17.8 Å². The summed E-state index contributed by atoms with van der Waals surface area (Å²) in [4.78, 5) is 14.8. The fraction of sp³-hybridized carbons (Fsp3) is 0.250. The van der Waals surface area contributed by atoms with Crippen molar-refractivity contribution in [2.24, 2.45) is 5.10 Å². The summed E-state index contributed by atoms with van der Waals surface area (Å²) in [5.74, 6) is -0.236. The minimum Gasteiger partial charge on any atom is -0.378 e. The maximum Gasteiger partial charge on any atom is 0.271 e. The molecule has 6 nitrogen and oxygen atoms in total. The summed E-state index contributed by atoms with van der Waals surface area (Å²) < 4.78 is 7.51. The minimum atomic E-state index is -0.236. The molecule has 1 saturated heterocycles. The number of ether oxygens (including phenoxy) is 1. The molecular weight excluding hydrogens is 376 g/mol. The Balaban J connectivity index is 1.40. The van der Waals surface area contributed by atoms with E-state index in [9.17, 15) is 4.79 Å². The first kappa shape index (κ1) is 19.9. The van der Waals surface area contributed by atoms with Gasteiger partial charge in [-0.1, -0.05) is 18.2 Å². The Bertz CT molecular complexity index is 1030. The van der Waals surface area contributed by atoms with Crippen molar-refractivity contribution in [1.29, 1.82) is 0 Å². The Labute approximate surface area is 176 Å². The van der Waals surface area contributed by atoms with E-state index in [4.69, 9.17) is 4.74 Å². The zero-order valence-electron chi connectivity index (χ0n) is 17.3. The molecule has 0 unspecified atom stereocenters. The molecule has 0 atom stereocenters. The summed E-state index contributed by atoms with van der Waals surface area (Å²) in [6.45, 7) is 7.44. The Morgan fingerprint density at radius 1 is 0.967 bits per heavy atom. The predicted octanol–water partition coefficient (Wildman–Crippen LogP) is 3.69. The molecule has 0 aliphatic carbocycles. The van der Waals surface area contributed by atoms with Crippen molar-refractivity contribution in [1.82, 2.24) is 9.99 Å². The van der Waals surface area contributed by atoms with Crippen molar-refractivity contribution in [2.45, 2.75) is 13.8 Å². The third-order valence-corrected chi connectivity index (χ3v) is 5.29. The molecule has 0 saturated carbocycles. The van der Waals surface area contributed by atoms with Crippen LogP contribution in [-0.4, -0.2) is 43.0 Å². The summed E-state index contributed by atoms with van der Waals surface area (Å²) >= 11 is 0. The number of aryl methyl sites for hydroxylation is 2. The number of anilines is 1. The largest absolute Gasteiger partial charge is 0.378 e. The van der Waals surface area contributed by atoms with E-state index in [1.54, 1.807) is 12.3 Å². The van der Waals surface area contributed by atoms with Crippen LogP contribution in [-0.2, 0) is 4.74 Å². The van der Waals surface area contributed by atoms with E-state index in [-0.39, 0.29) is 5.91 Å². The number of nitrogens with one attached hydrogen (secondary N) is 1. The Hall–Kier alpha value is -3.38. The lowest BCUT2D eigenvalue weighted by Crippen LogP contribution is -2.36. The first-order chi connectivity index (χ1) is 14.6. The number of rotatable bonds is 5. The van der Waals surface area contributed by atoms with E-state index in [0.29, 0.717) is 5.56 Å². The number of amides is 1. The van der Waals surface area contributed by atoms with E-state index in [1.165, 1.54) is 5.69 Å². The molecule has 2 aromatic carbocycles. The van der Waals surface area contributed by atoms with Crippen LogP contribution < -0.4 is 10.3 Å². The number of morpholine rings is 1. The van der Waals surface area contributed by atoms with Crippen LogP contribution in [0.15, 0.2) is 65.8 Å². The second kappa shape index (κ2) is 8.97. The van der Waals surface area contributed by atoms with Gasteiger partial charge in [-0.3, -0.25) is 4.79 Å². The van der Waals surface area contributed by atoms with Gasteiger partial charge in [0.15, 0.2) is 0 Å². The number of nitrogens with zero attached hydrogens (tertiary/aromatic N) is 3. The van der Waals surface area contributed by atoms with Crippen LogP contribution in [0.3, 0.4) is 0 Å². The van der Waals surface area contributed by atoms with Crippen molar-refractivity contribution in [3.63, 3.8) is 0 Å². The molecule has 4 rings (SSSR count). The van der Waals surface area contributed by atoms with Gasteiger partial charge in [0.05, 0.1) is 19.4 Å². The molecule has 0 bridgehead atoms. The van der Waals surface area contributed by atoms with E-state index in [0.717, 1.165) is 48.9 Å². The maximum atomic E-state index is 12.5. The summed E-state index contributed by atoms with van der Waals surface area (Å²) in [6.07, 6.45) is 1.66. The van der Waals surface area contributed by atoms with Gasteiger partial charge in [-0.05, 0) is 61.9 Å². The monoisotopic (exact) mass is 402 g/mol. The van der Waals surface area contributed by atoms with Crippen molar-refractivity contribution in [2.75, 3.05) is 31.2 Å². The van der Waals surface area contributed by atoms with Gasteiger partial charge in [0.25, 0.3) is 5.91 Å². The fourth-order valence-electron chi connectivity index (χ4n) is 3.68. The second-order valence-electron chi connectivity index (χ2n) is 7.39. The van der Waals surface area contributed by atoms with E-state index < -0.39 is 0 Å². The van der Waals surface area contributed by atoms with Gasteiger partial charge in [-0.15, -0.1) is 0 Å². The molecule has 1 aliphatic heterocycles. The Morgan fingerprint density at radius 2 is 1.67 bits per heavy atom. The van der Waals surface area contributed by atoms with Gasteiger partial charge in [0.1, 0.15) is 0 Å². The number of carbonyl (C=O) groups excluding carboxylic acids is 1. The highest BCUT2D eigenvalue weighted by atomic mass is 16.5. The molecule has 30 heavy (non-hydrogen) atoms. The Morgan fingerprint density at radius 3 is 2.37 bits per heavy atom. The Kier molecular flexibility index (Phi) is 5.95. The molecule has 1 amide bonds. The van der Waals surface area contributed by atoms with Gasteiger partial charge in [0.2, 0.25) is 0 Å². The molecule has 3 aromatic rings. The van der Waals surface area contributed by atoms with Crippen LogP contribution in [0.5, 0.6) is 0 Å². The summed E-state index contributed by atoms with van der Waals surface area (Å²) in [6, 6.07) is 19.8. The zero-order valence-corrected chi connectivity index (χ0v) is 17.3. The highest BCUT2D eigenvalue weighted by molar-refractivity contribution is 5.95. The van der Waals surface area contributed by atoms with Crippen molar-refractivity contribution in [3.05, 3.63) is 83.2 Å². The van der Waals surface area contributed by atoms with Crippen LogP contribution in [0, 0.1) is 13.8 Å². The second-order valence-corrected chi connectivity index (χ2v) is 7.39. The van der Waals surface area contributed by atoms with Crippen molar-refractivity contribution < 1.29 is 9.53 Å². The standard InChI is InChI=1S/C24H26N4O2/c1-18-6-7-19(2)28(18)23-5-3-4-21(16-23)24(29)26-25-17-20-8-10-22(11-9-20)27-12-14-30-15-13-27/h3-11,16-17H,12-15H2,1-2H3,(H,26,29)/b25-17-. The van der Waals surface area contributed by atoms with Crippen LogP contribution >= 0.6 is 0 Å². The molecule has 6 heteroatoms. The molecule has 2 heterocycles. The average molecular weight is 402 g/mol. The summed E-state index contributed by atoms with van der Waals surface area (Å²) in [7, 11) is 0. The first-order valence-corrected chi connectivity index (χ1v) is 10.1. The van der Waals surface area contributed by atoms with E-state index >= 15 is 0 Å². The number of carbonyl (C=O) groups is 1. The van der Waals surface area contributed by atoms with Crippen LogP contribution in [0.4, 0.5) is 5.69 Å². The van der Waals surface area contributed by atoms with Gasteiger partial charge in [0, 0.05) is 41.4 Å². The van der Waals surface area contributed by atoms with Gasteiger partial charge < -0.3 is 14.2 Å². The smallest absolute Gasteiger partial charge is 0.271 e. The molecule has 1 aliphatic rings. The SMILES string of the molecule is Cc1ccc(C)n1-c1cccc(C(=O)N/N=C\c2ccc(N3CCOCC3)cc2)c1. The molecule has 1 fully saturated rings. The highest BCUT2D eigenvalue weighted by Crippen LogP contribution is 2.18. The van der Waals surface area contributed by atoms with Gasteiger partial charge in [-0.2, -0.15) is 5.10 Å². The lowest BCUT2D eigenvalue weighted by molar-refractivity contribution is 0.0955. The quantitative estimate of drug-likeness (QED) is 0.523. The molecule has 0 spiro atoms. The van der Waals surface area contributed by atoms with E-state index in [1.807, 2.05) is 44.2 Å². The molecule has 0 radical (unpaired) electrons.